The molecule has 7 atom stereocenters. The van der Waals surface area contributed by atoms with Gasteiger partial charge in [0.05, 0.1) is 12.2 Å². The topological polar surface area (TPSA) is 32.8 Å². The highest BCUT2D eigenvalue weighted by molar-refractivity contribution is 5.20. The summed E-state index contributed by atoms with van der Waals surface area (Å²) in [4.78, 5) is 0. The molecule has 5 fully saturated rings. The maximum absolute atomic E-state index is 10.1. The highest BCUT2D eigenvalue weighted by Gasteiger charge is 2.71. The lowest BCUT2D eigenvalue weighted by molar-refractivity contribution is -0.159. The summed E-state index contributed by atoms with van der Waals surface area (Å²) in [5, 5.41) is 10.1. The Kier molecular flexibility index (Phi) is 2.67. The van der Waals surface area contributed by atoms with E-state index in [2.05, 4.69) is 13.8 Å². The van der Waals surface area contributed by atoms with Gasteiger partial charge < -0.3 is 9.84 Å². The number of aliphatic hydroxyl groups is 1. The molecule has 0 radical (unpaired) electrons. The van der Waals surface area contributed by atoms with Gasteiger partial charge in [0.15, 0.2) is 0 Å². The summed E-state index contributed by atoms with van der Waals surface area (Å²) in [6, 6.07) is 0. The van der Waals surface area contributed by atoms with Crippen molar-refractivity contribution in [1.82, 2.24) is 0 Å². The Hall–Kier alpha value is -0.0800. The number of ether oxygens (including phenoxy) is 1. The zero-order valence-electron chi connectivity index (χ0n) is 14.4. The lowest BCUT2D eigenvalue weighted by Gasteiger charge is -2.64. The van der Waals surface area contributed by atoms with E-state index in [1.54, 1.807) is 0 Å². The third-order valence-electron chi connectivity index (χ3n) is 9.30. The predicted molar refractivity (Wildman–Crippen MR) is 86.4 cm³/mol. The van der Waals surface area contributed by atoms with Gasteiger partial charge in [0.25, 0.3) is 0 Å². The second-order valence-electron chi connectivity index (χ2n) is 10.2. The largest absolute Gasteiger partial charge is 0.396 e. The van der Waals surface area contributed by atoms with E-state index in [0.29, 0.717) is 23.0 Å². The van der Waals surface area contributed by atoms with Gasteiger partial charge in [-0.1, -0.05) is 20.3 Å². The molecule has 5 rings (SSSR count). The van der Waals surface area contributed by atoms with Crippen LogP contribution in [0.5, 0.6) is 0 Å². The van der Waals surface area contributed by atoms with Crippen LogP contribution in [0.3, 0.4) is 0 Å². The fourth-order valence-corrected chi connectivity index (χ4v) is 8.35. The van der Waals surface area contributed by atoms with Crippen molar-refractivity contribution in [1.29, 1.82) is 0 Å². The van der Waals surface area contributed by atoms with Crippen LogP contribution in [0.2, 0.25) is 0 Å². The fourth-order valence-electron chi connectivity index (χ4n) is 8.35. The number of epoxide rings is 1. The van der Waals surface area contributed by atoms with Crippen LogP contribution in [-0.4, -0.2) is 23.9 Å². The fraction of sp³-hybridized carbons (Fsp3) is 1.00. The molecule has 0 amide bonds. The number of hydrogen-bond acceptors (Lipinski definition) is 2. The first-order valence-electron chi connectivity index (χ1n) is 9.71. The van der Waals surface area contributed by atoms with Crippen LogP contribution in [0.15, 0.2) is 0 Å². The lowest BCUT2D eigenvalue weighted by atomic mass is 9.41. The Morgan fingerprint density at radius 3 is 2.59 bits per heavy atom. The summed E-state index contributed by atoms with van der Waals surface area (Å²) < 4.78 is 6.01. The Bertz CT molecular complexity index is 498. The van der Waals surface area contributed by atoms with Crippen molar-refractivity contribution in [2.24, 2.45) is 34.0 Å². The average molecular weight is 304 g/mol. The minimum absolute atomic E-state index is 0.178. The quantitative estimate of drug-likeness (QED) is 0.738. The van der Waals surface area contributed by atoms with E-state index in [4.69, 9.17) is 4.74 Å². The van der Waals surface area contributed by atoms with Gasteiger partial charge in [0, 0.05) is 6.61 Å². The molecular weight excluding hydrogens is 272 g/mol. The summed E-state index contributed by atoms with van der Waals surface area (Å²) in [6.45, 7) is 6.43. The molecule has 0 aromatic rings. The van der Waals surface area contributed by atoms with Crippen molar-refractivity contribution in [3.63, 3.8) is 0 Å². The van der Waals surface area contributed by atoms with Crippen LogP contribution < -0.4 is 0 Å². The number of rotatable bonds is 1. The van der Waals surface area contributed by atoms with Crippen LogP contribution in [0.4, 0.5) is 0 Å². The summed E-state index contributed by atoms with van der Waals surface area (Å²) >= 11 is 0. The van der Waals surface area contributed by atoms with Gasteiger partial charge in [-0.15, -0.1) is 0 Å². The standard InChI is InChI=1S/C20H32O2/c1-17(12-21)7-3-8-18(2)15(17)6-9-19-10-14(4-5-16(18)19)20(11-19)13-22-20/h14-16,21H,3-13H2,1-2H3/t14-,15-,16+,17+,18-,19+,20+/m1/s1. The van der Waals surface area contributed by atoms with Crippen LogP contribution in [0, 0.1) is 34.0 Å². The van der Waals surface area contributed by atoms with Gasteiger partial charge in [0.2, 0.25) is 0 Å². The first kappa shape index (κ1) is 14.3. The van der Waals surface area contributed by atoms with E-state index in [1.165, 1.54) is 57.8 Å². The maximum Gasteiger partial charge on any atom is 0.0950 e. The first-order chi connectivity index (χ1) is 10.5. The van der Waals surface area contributed by atoms with E-state index in [9.17, 15) is 5.11 Å². The molecule has 5 aliphatic rings. The van der Waals surface area contributed by atoms with Crippen LogP contribution in [-0.2, 0) is 4.74 Å². The molecule has 22 heavy (non-hydrogen) atoms. The Morgan fingerprint density at radius 2 is 1.86 bits per heavy atom. The minimum Gasteiger partial charge on any atom is -0.396 e. The molecule has 4 saturated carbocycles. The molecule has 2 bridgehead atoms. The van der Waals surface area contributed by atoms with Gasteiger partial charge in [-0.25, -0.2) is 0 Å². The number of aliphatic hydroxyl groups excluding tert-OH is 1. The summed E-state index contributed by atoms with van der Waals surface area (Å²) in [5.74, 6) is 2.50. The second-order valence-corrected chi connectivity index (χ2v) is 10.2. The Morgan fingerprint density at radius 1 is 1.05 bits per heavy atom. The van der Waals surface area contributed by atoms with Crippen molar-refractivity contribution in [2.45, 2.75) is 77.2 Å². The van der Waals surface area contributed by atoms with Gasteiger partial charge >= 0.3 is 0 Å². The second kappa shape index (κ2) is 4.11. The van der Waals surface area contributed by atoms with Crippen LogP contribution >= 0.6 is 0 Å². The molecule has 0 unspecified atom stereocenters. The van der Waals surface area contributed by atoms with Crippen molar-refractivity contribution in [3.05, 3.63) is 0 Å². The average Bonchev–Trinajstić information content (AvgIpc) is 3.22. The van der Waals surface area contributed by atoms with E-state index in [0.717, 1.165) is 24.4 Å². The molecule has 2 heteroatoms. The maximum atomic E-state index is 10.1. The van der Waals surface area contributed by atoms with Gasteiger partial charge in [-0.3, -0.25) is 0 Å². The van der Waals surface area contributed by atoms with E-state index < -0.39 is 0 Å². The molecule has 1 heterocycles. The van der Waals surface area contributed by atoms with Crippen molar-refractivity contribution in [3.8, 4) is 0 Å². The predicted octanol–water partition coefficient (Wildman–Crippen LogP) is 4.16. The molecular formula is C20H32O2. The Balaban J connectivity index is 1.54. The van der Waals surface area contributed by atoms with Crippen molar-refractivity contribution >= 4 is 0 Å². The molecule has 0 aromatic heterocycles. The monoisotopic (exact) mass is 304 g/mol. The van der Waals surface area contributed by atoms with E-state index >= 15 is 0 Å². The third-order valence-corrected chi connectivity index (χ3v) is 9.30. The summed E-state index contributed by atoms with van der Waals surface area (Å²) in [7, 11) is 0. The van der Waals surface area contributed by atoms with Crippen molar-refractivity contribution in [2.75, 3.05) is 13.2 Å². The molecule has 124 valence electrons. The summed E-state index contributed by atoms with van der Waals surface area (Å²) in [6.07, 6.45) is 12.4. The molecule has 2 spiro atoms. The SMILES string of the molecule is C[C@@]1(CO)CCC[C@]2(C)[C@@H]1CC[C@@]13C[C@@H](CC[C@H]12)[C@@]1(CO1)C3. The highest BCUT2D eigenvalue weighted by Crippen LogP contribution is 2.74. The molecule has 1 saturated heterocycles. The van der Waals surface area contributed by atoms with Gasteiger partial charge in [-0.05, 0) is 85.4 Å². The van der Waals surface area contributed by atoms with Gasteiger partial charge in [-0.2, -0.15) is 0 Å². The first-order valence-corrected chi connectivity index (χ1v) is 9.71. The summed E-state index contributed by atoms with van der Waals surface area (Å²) in [5.41, 5.74) is 1.57. The molecule has 1 N–H and O–H groups in total. The Labute approximate surface area is 135 Å². The highest BCUT2D eigenvalue weighted by atomic mass is 16.6. The number of hydrogen-bond donors (Lipinski definition) is 1. The van der Waals surface area contributed by atoms with Crippen LogP contribution in [0.1, 0.15) is 71.6 Å². The van der Waals surface area contributed by atoms with Crippen LogP contribution in [0.25, 0.3) is 0 Å². The van der Waals surface area contributed by atoms with Gasteiger partial charge in [0.1, 0.15) is 0 Å². The molecule has 1 aliphatic heterocycles. The zero-order chi connectivity index (χ0) is 15.2. The zero-order valence-corrected chi connectivity index (χ0v) is 14.4. The van der Waals surface area contributed by atoms with E-state index in [1.807, 2.05) is 0 Å². The lowest BCUT2D eigenvalue weighted by Crippen LogP contribution is -2.57. The third kappa shape index (κ3) is 1.55. The minimum atomic E-state index is 0.178. The van der Waals surface area contributed by atoms with E-state index in [-0.39, 0.29) is 5.41 Å². The smallest absolute Gasteiger partial charge is 0.0950 e. The number of fused-ring (bicyclic) bond motifs is 4. The van der Waals surface area contributed by atoms with Crippen molar-refractivity contribution < 1.29 is 9.84 Å². The molecule has 0 aromatic carbocycles. The molecule has 2 nitrogen and oxygen atoms in total. The molecule has 4 aliphatic carbocycles. The normalized spacial score (nSPS) is 62.6.